The third kappa shape index (κ3) is 8.95. The van der Waals surface area contributed by atoms with Gasteiger partial charge in [0.2, 0.25) is 0 Å². The minimum Gasteiger partial charge on any atom is -0.313 e. The van der Waals surface area contributed by atoms with E-state index in [9.17, 15) is 87.8 Å². The first-order chi connectivity index (χ1) is 17.3. The molecule has 0 bridgehead atoms. The lowest BCUT2D eigenvalue weighted by Crippen LogP contribution is -2.57. The van der Waals surface area contributed by atoms with Gasteiger partial charge < -0.3 is 14.4 Å². The summed E-state index contributed by atoms with van der Waals surface area (Å²) in [6.07, 6.45) is -53.9. The van der Waals surface area contributed by atoms with Gasteiger partial charge in [0, 0.05) is 6.54 Å². The summed E-state index contributed by atoms with van der Waals surface area (Å²) in [7, 11) is 1.68. The average Bonchev–Trinajstić information content (AvgIpc) is 2.68. The van der Waals surface area contributed by atoms with Crippen LogP contribution < -0.4 is 0 Å². The average molecular weight is 651 g/mol. The van der Waals surface area contributed by atoms with Gasteiger partial charge in [-0.05, 0) is 14.1 Å². The maximum atomic E-state index is 13.7. The largest absolute Gasteiger partial charge is 0.462 e. The number of halogens is 20. The van der Waals surface area contributed by atoms with Gasteiger partial charge in [0.25, 0.3) is 12.7 Å². The molecule has 0 rings (SSSR count). The molecule has 25 heteroatoms. The van der Waals surface area contributed by atoms with Crippen LogP contribution in [0.25, 0.3) is 0 Å². The molecule has 0 spiro atoms. The van der Waals surface area contributed by atoms with Crippen LogP contribution in [0, 0.1) is 0 Å². The van der Waals surface area contributed by atoms with Crippen molar-refractivity contribution in [2.24, 2.45) is 0 Å². The first-order valence-corrected chi connectivity index (χ1v) is 9.25. The molecule has 0 aliphatic carbocycles. The third-order valence-corrected chi connectivity index (χ3v) is 3.83. The maximum Gasteiger partial charge on any atom is 0.462 e. The molecule has 0 saturated heterocycles. The summed E-state index contributed by atoms with van der Waals surface area (Å²) in [4.78, 5) is 0.601. The predicted octanol–water partition coefficient (Wildman–Crippen LogP) is 6.34. The van der Waals surface area contributed by atoms with Gasteiger partial charge in [-0.15, -0.1) is 0 Å². The number of likely N-dealkylation sites (N-methyl/N-ethyl adjacent to an activating group) is 1. The van der Waals surface area contributed by atoms with E-state index >= 15 is 0 Å². The van der Waals surface area contributed by atoms with Crippen LogP contribution in [0.2, 0.25) is 0 Å². The van der Waals surface area contributed by atoms with E-state index in [4.69, 9.17) is 0 Å². The maximum absolute atomic E-state index is 13.7. The van der Waals surface area contributed by atoms with Crippen LogP contribution in [0.1, 0.15) is 0 Å². The zero-order valence-electron chi connectivity index (χ0n) is 18.8. The molecule has 0 heterocycles. The van der Waals surface area contributed by atoms with E-state index in [-0.39, 0.29) is 0 Å². The molecule has 0 saturated carbocycles. The van der Waals surface area contributed by atoms with Crippen LogP contribution in [0.5, 0.6) is 0 Å². The van der Waals surface area contributed by atoms with Crippen LogP contribution in [0.4, 0.5) is 87.8 Å². The number of rotatable bonds is 15. The Bertz CT molecular complexity index is 813. The molecule has 5 nitrogen and oxygen atoms in total. The van der Waals surface area contributed by atoms with Crippen molar-refractivity contribution in [1.82, 2.24) is 4.90 Å². The van der Waals surface area contributed by atoms with E-state index in [0.717, 1.165) is 14.1 Å². The molecule has 0 radical (unpaired) electrons. The van der Waals surface area contributed by atoms with E-state index in [2.05, 4.69) is 18.9 Å². The molecule has 0 aromatic heterocycles. The molecule has 0 aliphatic rings. The van der Waals surface area contributed by atoms with Crippen LogP contribution in [-0.2, 0) is 18.9 Å². The smallest absolute Gasteiger partial charge is 0.313 e. The lowest BCUT2D eigenvalue weighted by Gasteiger charge is -2.33. The standard InChI is InChI=1S/C15H13F20NO4/c1-36(2)3-5(38-9(20,21)7(17)40-15(34,35)11(24,25)13(29,30)31)4-37-8(18,19)6(16)39-14(32,33)10(22,23)12(26,27)28/h5-7H,3-4H2,1-2H3. The molecule has 40 heavy (non-hydrogen) atoms. The Morgan fingerprint density at radius 1 is 0.525 bits per heavy atom. The van der Waals surface area contributed by atoms with Crippen LogP contribution in [0.15, 0.2) is 0 Å². The summed E-state index contributed by atoms with van der Waals surface area (Å²) < 4.78 is 267. The number of nitrogens with zero attached hydrogens (tertiary/aromatic N) is 1. The van der Waals surface area contributed by atoms with Crippen molar-refractivity contribution in [3.8, 4) is 0 Å². The SMILES string of the molecule is CN(C)CC(COC(F)(F)C(F)OC(F)(F)C(F)(F)C(F)(F)F)OC(F)(F)C(F)OC(F)(F)C(F)(F)C(F)(F)F. The highest BCUT2D eigenvalue weighted by molar-refractivity contribution is 4.87. The second-order valence-corrected chi connectivity index (χ2v) is 7.48. The van der Waals surface area contributed by atoms with E-state index in [1.807, 2.05) is 0 Å². The van der Waals surface area contributed by atoms with Crippen molar-refractivity contribution in [1.29, 1.82) is 0 Å². The molecule has 3 unspecified atom stereocenters. The van der Waals surface area contributed by atoms with Crippen molar-refractivity contribution in [2.45, 2.75) is 67.5 Å². The molecule has 0 aliphatic heterocycles. The van der Waals surface area contributed by atoms with Crippen LogP contribution in [-0.4, -0.2) is 99.6 Å². The molecular weight excluding hydrogens is 638 g/mol. The Morgan fingerprint density at radius 3 is 1.15 bits per heavy atom. The fraction of sp³-hybridized carbons (Fsp3) is 1.00. The normalized spacial score (nSPS) is 17.8. The Kier molecular flexibility index (Phi) is 11.5. The van der Waals surface area contributed by atoms with Crippen molar-refractivity contribution >= 4 is 0 Å². The summed E-state index contributed by atoms with van der Waals surface area (Å²) >= 11 is 0. The quantitative estimate of drug-likeness (QED) is 0.194. The zero-order valence-corrected chi connectivity index (χ0v) is 18.8. The van der Waals surface area contributed by atoms with Gasteiger partial charge in [0.1, 0.15) is 6.10 Å². The lowest BCUT2D eigenvalue weighted by atomic mass is 10.3. The Hall–Kier alpha value is -1.60. The van der Waals surface area contributed by atoms with Gasteiger partial charge in [0.05, 0.1) is 6.61 Å². The van der Waals surface area contributed by atoms with Gasteiger partial charge in [-0.1, -0.05) is 0 Å². The van der Waals surface area contributed by atoms with Crippen LogP contribution >= 0.6 is 0 Å². The number of ether oxygens (including phenoxy) is 4. The van der Waals surface area contributed by atoms with Crippen molar-refractivity contribution < 1.29 is 107 Å². The predicted molar refractivity (Wildman–Crippen MR) is 83.1 cm³/mol. The van der Waals surface area contributed by atoms with Crippen molar-refractivity contribution in [2.75, 3.05) is 27.2 Å². The summed E-state index contributed by atoms with van der Waals surface area (Å²) in [5, 5.41) is 0. The van der Waals surface area contributed by atoms with E-state index in [1.165, 1.54) is 0 Å². The monoisotopic (exact) mass is 651 g/mol. The zero-order chi connectivity index (χ0) is 32.6. The molecule has 0 N–H and O–H groups in total. The fourth-order valence-electron chi connectivity index (χ4n) is 1.95. The highest BCUT2D eigenvalue weighted by Gasteiger charge is 2.77. The Balaban J connectivity index is 5.70. The number of alkyl halides is 20. The fourth-order valence-corrected chi connectivity index (χ4v) is 1.95. The summed E-state index contributed by atoms with van der Waals surface area (Å²) in [5.41, 5.74) is 0. The topological polar surface area (TPSA) is 40.2 Å². The second kappa shape index (κ2) is 11.9. The highest BCUT2D eigenvalue weighted by atomic mass is 19.4. The molecular formula is C15H13F20NO4. The van der Waals surface area contributed by atoms with Gasteiger partial charge in [-0.25, -0.2) is 8.78 Å². The minimum absolute atomic E-state index is 0.601. The third-order valence-electron chi connectivity index (χ3n) is 3.83. The highest BCUT2D eigenvalue weighted by Crippen LogP contribution is 2.50. The van der Waals surface area contributed by atoms with Crippen molar-refractivity contribution in [3.63, 3.8) is 0 Å². The minimum atomic E-state index is -7.28. The summed E-state index contributed by atoms with van der Waals surface area (Å²) in [5.74, 6) is -14.6. The first kappa shape index (κ1) is 38.4. The van der Waals surface area contributed by atoms with E-state index < -0.39 is 80.6 Å². The van der Waals surface area contributed by atoms with Gasteiger partial charge in [0.15, 0.2) is 0 Å². The van der Waals surface area contributed by atoms with Gasteiger partial charge in [-0.3, -0.25) is 9.47 Å². The lowest BCUT2D eigenvalue weighted by molar-refractivity contribution is -0.472. The molecule has 3 atom stereocenters. The van der Waals surface area contributed by atoms with Crippen LogP contribution in [0.3, 0.4) is 0 Å². The second-order valence-electron chi connectivity index (χ2n) is 7.48. The molecule has 242 valence electrons. The van der Waals surface area contributed by atoms with E-state index in [1.54, 1.807) is 0 Å². The molecule has 0 aromatic carbocycles. The number of hydrogen-bond acceptors (Lipinski definition) is 5. The van der Waals surface area contributed by atoms with E-state index in [0.29, 0.717) is 4.90 Å². The van der Waals surface area contributed by atoms with Gasteiger partial charge in [-0.2, -0.15) is 79.0 Å². The van der Waals surface area contributed by atoms with Gasteiger partial charge >= 0.3 is 48.6 Å². The summed E-state index contributed by atoms with van der Waals surface area (Å²) in [6.45, 7) is -3.62. The Labute approximate surface area is 207 Å². The first-order valence-electron chi connectivity index (χ1n) is 9.25. The molecule has 0 fully saturated rings. The summed E-state index contributed by atoms with van der Waals surface area (Å²) in [6, 6.07) is 0. The molecule has 0 amide bonds. The Morgan fingerprint density at radius 2 is 0.850 bits per heavy atom. The molecule has 0 aromatic rings. The number of hydrogen-bond donors (Lipinski definition) is 0. The van der Waals surface area contributed by atoms with Crippen molar-refractivity contribution in [3.05, 3.63) is 0 Å².